The van der Waals surface area contributed by atoms with Gasteiger partial charge in [-0.2, -0.15) is 0 Å². The third-order valence-electron chi connectivity index (χ3n) is 7.06. The Kier molecular flexibility index (Phi) is 5.07. The molecule has 3 aliphatic rings. The Morgan fingerprint density at radius 2 is 1.43 bits per heavy atom. The fraction of sp³-hybridized carbons (Fsp3) is 0.185. The summed E-state index contributed by atoms with van der Waals surface area (Å²) >= 11 is 9.37. The average Bonchev–Trinajstić information content (AvgIpc) is 3.42. The maximum absolute atomic E-state index is 13.8. The second-order valence-corrected chi connectivity index (χ2v) is 10.3. The summed E-state index contributed by atoms with van der Waals surface area (Å²) < 4.78 is 7.09. The number of likely N-dealkylation sites (tertiary alicyclic amines) is 1. The van der Waals surface area contributed by atoms with E-state index in [0.717, 1.165) is 9.37 Å². The minimum absolute atomic E-state index is 0.0142. The summed E-state index contributed by atoms with van der Waals surface area (Å²) in [6.45, 7) is 0.0142. The molecule has 0 bridgehead atoms. The Labute approximate surface area is 214 Å². The largest absolute Gasteiger partial charge is 0.349 e. The number of ether oxygens (including phenoxy) is 1. The number of Topliss-reactive ketones (excluding diaryl/α,β-unsaturated/α-hetero) is 2. The van der Waals surface area contributed by atoms with E-state index in [9.17, 15) is 19.2 Å². The summed E-state index contributed by atoms with van der Waals surface area (Å²) in [5.41, 5.74) is -0.314. The van der Waals surface area contributed by atoms with E-state index in [0.29, 0.717) is 16.1 Å². The molecule has 0 radical (unpaired) electrons. The number of imide groups is 1. The molecule has 2 amide bonds. The summed E-state index contributed by atoms with van der Waals surface area (Å²) in [4.78, 5) is 56.1. The Bertz CT molecular complexity index is 1380. The van der Waals surface area contributed by atoms with Crippen LogP contribution < -0.4 is 0 Å². The topological polar surface area (TPSA) is 80.8 Å². The van der Waals surface area contributed by atoms with Crippen molar-refractivity contribution in [3.05, 3.63) is 105 Å². The molecule has 0 aromatic heterocycles. The summed E-state index contributed by atoms with van der Waals surface area (Å²) in [7, 11) is 0. The van der Waals surface area contributed by atoms with Gasteiger partial charge < -0.3 is 4.74 Å². The molecule has 6 nitrogen and oxygen atoms in total. The quantitative estimate of drug-likeness (QED) is 0.346. The predicted octanol–water partition coefficient (Wildman–Crippen LogP) is 4.79. The first kappa shape index (κ1) is 22.3. The van der Waals surface area contributed by atoms with E-state index in [1.807, 2.05) is 0 Å². The molecule has 1 aliphatic carbocycles. The summed E-state index contributed by atoms with van der Waals surface area (Å²) in [6, 6.07) is 20.4. The van der Waals surface area contributed by atoms with Crippen molar-refractivity contribution >= 4 is 50.9 Å². The number of amides is 2. The molecule has 0 unspecified atom stereocenters. The minimum Gasteiger partial charge on any atom is -0.349 e. The molecular weight excluding hydrogens is 534 g/mol. The van der Waals surface area contributed by atoms with E-state index in [1.165, 1.54) is 0 Å². The van der Waals surface area contributed by atoms with Gasteiger partial charge in [-0.1, -0.05) is 76.1 Å². The van der Waals surface area contributed by atoms with Crippen molar-refractivity contribution < 1.29 is 23.9 Å². The van der Waals surface area contributed by atoms with Crippen molar-refractivity contribution in [2.45, 2.75) is 18.2 Å². The van der Waals surface area contributed by atoms with Crippen molar-refractivity contribution in [2.75, 3.05) is 0 Å². The second-order valence-electron chi connectivity index (χ2n) is 8.92. The highest BCUT2D eigenvalue weighted by atomic mass is 79.9. The highest BCUT2D eigenvalue weighted by Gasteiger charge is 2.74. The first-order valence-corrected chi connectivity index (χ1v) is 12.2. The maximum Gasteiger partial charge on any atom is 0.237 e. The molecule has 3 atom stereocenters. The van der Waals surface area contributed by atoms with Gasteiger partial charge in [-0.05, 0) is 35.4 Å². The smallest absolute Gasteiger partial charge is 0.237 e. The van der Waals surface area contributed by atoms with Crippen molar-refractivity contribution in [3.63, 3.8) is 0 Å². The van der Waals surface area contributed by atoms with Gasteiger partial charge in [-0.25, -0.2) is 0 Å². The minimum atomic E-state index is -2.06. The number of carbonyl (C=O) groups excluding carboxylic acids is 4. The molecule has 2 aliphatic heterocycles. The van der Waals surface area contributed by atoms with E-state index in [-0.39, 0.29) is 17.7 Å². The molecule has 3 aromatic carbocycles. The van der Waals surface area contributed by atoms with Gasteiger partial charge in [-0.15, -0.1) is 0 Å². The van der Waals surface area contributed by atoms with Crippen LogP contribution in [0.25, 0.3) is 0 Å². The van der Waals surface area contributed by atoms with Crippen molar-refractivity contribution in [1.82, 2.24) is 4.90 Å². The molecule has 2 heterocycles. The van der Waals surface area contributed by atoms with Gasteiger partial charge >= 0.3 is 0 Å². The fourth-order valence-electron chi connectivity index (χ4n) is 5.46. The molecule has 2 saturated heterocycles. The molecule has 0 saturated carbocycles. The summed E-state index contributed by atoms with van der Waals surface area (Å²) in [5, 5.41) is 0.535. The lowest BCUT2D eigenvalue weighted by Crippen LogP contribution is -2.50. The van der Waals surface area contributed by atoms with Gasteiger partial charge in [0.2, 0.25) is 29.0 Å². The molecule has 8 heteroatoms. The SMILES string of the molecule is O=C1[C@@H]2[C@@H](C(=O)N1Cc1ccc(Cl)cc1)C1(O[C@H]2c2ccc(Br)cc2)C(=O)c2ccccc2C1=O. The molecule has 2 fully saturated rings. The predicted molar refractivity (Wildman–Crippen MR) is 130 cm³/mol. The van der Waals surface area contributed by atoms with E-state index < -0.39 is 46.9 Å². The zero-order chi connectivity index (χ0) is 24.5. The summed E-state index contributed by atoms with van der Waals surface area (Å²) in [6.07, 6.45) is -0.929. The van der Waals surface area contributed by atoms with Gasteiger partial charge in [0.25, 0.3) is 0 Å². The molecule has 3 aromatic rings. The zero-order valence-corrected chi connectivity index (χ0v) is 20.5. The second kappa shape index (κ2) is 7.95. The van der Waals surface area contributed by atoms with E-state index in [2.05, 4.69) is 15.9 Å². The van der Waals surface area contributed by atoms with E-state index in [4.69, 9.17) is 16.3 Å². The third kappa shape index (κ3) is 3.12. The molecular formula is C27H17BrClNO5. The van der Waals surface area contributed by atoms with Crippen LogP contribution in [-0.4, -0.2) is 33.9 Å². The average molecular weight is 551 g/mol. The van der Waals surface area contributed by atoms with Gasteiger partial charge in [0.1, 0.15) is 0 Å². The normalized spacial score (nSPS) is 24.4. The van der Waals surface area contributed by atoms with E-state index in [1.54, 1.807) is 72.8 Å². The summed E-state index contributed by atoms with van der Waals surface area (Å²) in [5.74, 6) is -4.42. The Morgan fingerprint density at radius 3 is 2.03 bits per heavy atom. The Morgan fingerprint density at radius 1 is 0.829 bits per heavy atom. The fourth-order valence-corrected chi connectivity index (χ4v) is 5.85. The number of halogens is 2. The van der Waals surface area contributed by atoms with Crippen LogP contribution in [0, 0.1) is 11.8 Å². The lowest BCUT2D eigenvalue weighted by atomic mass is 9.77. The van der Waals surface area contributed by atoms with Crippen LogP contribution in [0.3, 0.4) is 0 Å². The zero-order valence-electron chi connectivity index (χ0n) is 18.1. The van der Waals surface area contributed by atoms with Crippen LogP contribution in [0.4, 0.5) is 0 Å². The van der Waals surface area contributed by atoms with Crippen LogP contribution >= 0.6 is 27.5 Å². The Hall–Kier alpha value is -3.13. The van der Waals surface area contributed by atoms with Gasteiger partial charge in [0.15, 0.2) is 0 Å². The molecule has 1 spiro atoms. The van der Waals surface area contributed by atoms with Crippen LogP contribution in [0.2, 0.25) is 5.02 Å². The van der Waals surface area contributed by atoms with Gasteiger partial charge in [0.05, 0.1) is 24.5 Å². The lowest BCUT2D eigenvalue weighted by Gasteiger charge is -2.27. The van der Waals surface area contributed by atoms with Gasteiger partial charge in [-0.3, -0.25) is 24.1 Å². The van der Waals surface area contributed by atoms with Crippen molar-refractivity contribution in [1.29, 1.82) is 0 Å². The van der Waals surface area contributed by atoms with Crippen LogP contribution in [0.5, 0.6) is 0 Å². The third-order valence-corrected chi connectivity index (χ3v) is 7.84. The highest BCUT2D eigenvalue weighted by Crippen LogP contribution is 2.57. The number of benzene rings is 3. The van der Waals surface area contributed by atoms with E-state index >= 15 is 0 Å². The van der Waals surface area contributed by atoms with Crippen molar-refractivity contribution in [3.8, 4) is 0 Å². The van der Waals surface area contributed by atoms with Crippen LogP contribution in [-0.2, 0) is 20.9 Å². The Balaban J connectivity index is 1.48. The maximum atomic E-state index is 13.8. The molecule has 6 rings (SSSR count). The highest BCUT2D eigenvalue weighted by molar-refractivity contribution is 9.10. The first-order valence-electron chi connectivity index (χ1n) is 11.0. The monoisotopic (exact) mass is 549 g/mol. The van der Waals surface area contributed by atoms with Crippen molar-refractivity contribution in [2.24, 2.45) is 11.8 Å². The lowest BCUT2D eigenvalue weighted by molar-refractivity contribution is -0.145. The molecule has 174 valence electrons. The number of nitrogens with zero attached hydrogens (tertiary/aromatic N) is 1. The number of rotatable bonds is 3. The standard InChI is InChI=1S/C27H17BrClNO5/c28-16-9-7-15(8-10-16)22-20-21(26(34)30(25(20)33)13-14-5-11-17(29)12-6-14)27(35-22)23(31)18-3-1-2-4-19(18)24(27)32/h1-12,20-22H,13H2/t20-,21+,22+/m1/s1. The number of ketones is 2. The number of hydrogen-bond acceptors (Lipinski definition) is 5. The van der Waals surface area contributed by atoms with Crippen LogP contribution in [0.1, 0.15) is 37.9 Å². The first-order chi connectivity index (χ1) is 16.8. The van der Waals surface area contributed by atoms with Crippen LogP contribution in [0.15, 0.2) is 77.3 Å². The van der Waals surface area contributed by atoms with Gasteiger partial charge in [0, 0.05) is 20.6 Å². The number of hydrogen-bond donors (Lipinski definition) is 0. The number of carbonyl (C=O) groups is 4. The molecule has 35 heavy (non-hydrogen) atoms. The molecule has 0 N–H and O–H groups in total. The number of fused-ring (bicyclic) bond motifs is 3.